The van der Waals surface area contributed by atoms with Crippen molar-refractivity contribution in [3.05, 3.63) is 65.4 Å². The Morgan fingerprint density at radius 1 is 1.29 bits per heavy atom. The first kappa shape index (κ1) is 16.2. The first-order valence-electron chi connectivity index (χ1n) is 8.00. The van der Waals surface area contributed by atoms with Crippen LogP contribution in [0, 0.1) is 5.82 Å². The molecule has 3 aromatic rings. The van der Waals surface area contributed by atoms with Crippen LogP contribution >= 0.6 is 0 Å². The molecule has 0 bridgehead atoms. The minimum Gasteiger partial charge on any atom is -0.494 e. The zero-order chi connectivity index (χ0) is 17.1. The third-order valence-electron chi connectivity index (χ3n) is 4.00. The third kappa shape index (κ3) is 2.89. The predicted octanol–water partition coefficient (Wildman–Crippen LogP) is 4.06. The van der Waals surface area contributed by atoms with Crippen LogP contribution in [0.1, 0.15) is 41.5 Å². The van der Waals surface area contributed by atoms with Crippen LogP contribution < -0.4 is 4.74 Å². The number of fused-ring (bicyclic) bond motifs is 1. The number of aromatic nitrogens is 2. The number of aryl methyl sites for hydroxylation is 1. The number of benzene rings is 1. The average Bonchev–Trinajstić information content (AvgIpc) is 2.97. The summed E-state index contributed by atoms with van der Waals surface area (Å²) in [6, 6.07) is 9.86. The normalized spacial score (nSPS) is 11.0. The zero-order valence-electron chi connectivity index (χ0n) is 13.8. The fraction of sp³-hybridized carbons (Fsp3) is 0.263. The second kappa shape index (κ2) is 6.83. The van der Waals surface area contributed by atoms with E-state index < -0.39 is 5.82 Å². The molecule has 24 heavy (non-hydrogen) atoms. The number of halogens is 1. The fourth-order valence-electron chi connectivity index (χ4n) is 2.75. The molecule has 4 nitrogen and oxygen atoms in total. The van der Waals surface area contributed by atoms with Gasteiger partial charge in [-0.3, -0.25) is 9.20 Å². The quantitative estimate of drug-likeness (QED) is 0.642. The molecule has 0 N–H and O–H groups in total. The number of methoxy groups -OCH3 is 1. The first-order chi connectivity index (χ1) is 11.7. The van der Waals surface area contributed by atoms with Crippen LogP contribution in [-0.4, -0.2) is 22.3 Å². The van der Waals surface area contributed by atoms with Gasteiger partial charge in [0.15, 0.2) is 11.6 Å². The van der Waals surface area contributed by atoms with E-state index in [2.05, 4.69) is 11.9 Å². The number of nitrogens with zero attached hydrogens (tertiary/aromatic N) is 2. The highest BCUT2D eigenvalue weighted by molar-refractivity contribution is 6.09. The third-order valence-corrected chi connectivity index (χ3v) is 4.00. The summed E-state index contributed by atoms with van der Waals surface area (Å²) >= 11 is 0. The molecule has 3 rings (SSSR count). The molecular weight excluding hydrogens is 307 g/mol. The molecule has 0 aliphatic carbocycles. The second-order valence-corrected chi connectivity index (χ2v) is 5.62. The lowest BCUT2D eigenvalue weighted by Crippen LogP contribution is -2.09. The molecule has 1 aromatic carbocycles. The maximum absolute atomic E-state index is 14.0. The number of rotatable bonds is 6. The van der Waals surface area contributed by atoms with Gasteiger partial charge in [0.2, 0.25) is 5.78 Å². The van der Waals surface area contributed by atoms with Crippen molar-refractivity contribution in [2.24, 2.45) is 0 Å². The van der Waals surface area contributed by atoms with Crippen molar-refractivity contribution >= 4 is 11.4 Å². The van der Waals surface area contributed by atoms with Crippen LogP contribution in [0.25, 0.3) is 5.65 Å². The van der Waals surface area contributed by atoms with E-state index in [0.29, 0.717) is 5.69 Å². The number of hydrogen-bond donors (Lipinski definition) is 0. The molecule has 0 unspecified atom stereocenters. The molecule has 0 amide bonds. The van der Waals surface area contributed by atoms with Gasteiger partial charge in [0.25, 0.3) is 0 Å². The Kier molecular flexibility index (Phi) is 4.60. The topological polar surface area (TPSA) is 43.6 Å². The number of unbranched alkanes of at least 4 members (excludes halogenated alkanes) is 1. The minimum atomic E-state index is -0.549. The lowest BCUT2D eigenvalue weighted by Gasteiger charge is -2.07. The Balaban J connectivity index is 2.09. The van der Waals surface area contributed by atoms with E-state index >= 15 is 0 Å². The summed E-state index contributed by atoms with van der Waals surface area (Å²) < 4.78 is 20.7. The van der Waals surface area contributed by atoms with Crippen molar-refractivity contribution in [1.82, 2.24) is 9.38 Å². The molecule has 5 heteroatoms. The highest BCUT2D eigenvalue weighted by atomic mass is 19.1. The van der Waals surface area contributed by atoms with Crippen LogP contribution in [0.2, 0.25) is 0 Å². The molecular formula is C19H19FN2O2. The van der Waals surface area contributed by atoms with E-state index in [1.54, 1.807) is 10.5 Å². The highest BCUT2D eigenvalue weighted by Gasteiger charge is 2.21. The Bertz CT molecular complexity index is 886. The van der Waals surface area contributed by atoms with Crippen molar-refractivity contribution in [2.75, 3.05) is 7.11 Å². The number of hydrogen-bond acceptors (Lipinski definition) is 3. The van der Waals surface area contributed by atoms with Crippen molar-refractivity contribution in [2.45, 2.75) is 26.2 Å². The summed E-state index contributed by atoms with van der Waals surface area (Å²) in [6.07, 6.45) is 4.49. The minimum absolute atomic E-state index is 0.121. The SMILES string of the molecule is CCCCc1nc2ccccn2c1C(=O)c1ccc(OC)c(F)c1. The summed E-state index contributed by atoms with van der Waals surface area (Å²) in [7, 11) is 1.40. The van der Waals surface area contributed by atoms with Gasteiger partial charge in [-0.1, -0.05) is 19.4 Å². The standard InChI is InChI=1S/C19H19FN2O2/c1-3-4-7-15-18(22-11-6-5-8-17(22)21-15)19(23)13-9-10-16(24-2)14(20)12-13/h5-6,8-12H,3-4,7H2,1-2H3. The van der Waals surface area contributed by atoms with E-state index in [-0.39, 0.29) is 17.1 Å². The van der Waals surface area contributed by atoms with Gasteiger partial charge in [-0.2, -0.15) is 0 Å². The maximum atomic E-state index is 14.0. The van der Waals surface area contributed by atoms with Gasteiger partial charge < -0.3 is 4.74 Å². The zero-order valence-corrected chi connectivity index (χ0v) is 13.8. The molecule has 0 saturated heterocycles. The molecule has 0 radical (unpaired) electrons. The largest absolute Gasteiger partial charge is 0.494 e. The number of ether oxygens (including phenoxy) is 1. The van der Waals surface area contributed by atoms with E-state index in [9.17, 15) is 9.18 Å². The number of pyridine rings is 1. The van der Waals surface area contributed by atoms with Crippen molar-refractivity contribution in [3.63, 3.8) is 0 Å². The van der Waals surface area contributed by atoms with Crippen LogP contribution in [-0.2, 0) is 6.42 Å². The molecule has 2 aromatic heterocycles. The van der Waals surface area contributed by atoms with Gasteiger partial charge in [-0.15, -0.1) is 0 Å². The summed E-state index contributed by atoms with van der Waals surface area (Å²) in [4.78, 5) is 17.6. The van der Waals surface area contributed by atoms with Crippen LogP contribution in [0.3, 0.4) is 0 Å². The van der Waals surface area contributed by atoms with E-state index in [0.717, 1.165) is 30.6 Å². The van der Waals surface area contributed by atoms with Gasteiger partial charge in [-0.05, 0) is 43.2 Å². The lowest BCUT2D eigenvalue weighted by atomic mass is 10.0. The Hall–Kier alpha value is -2.69. The number of imidazole rings is 1. The van der Waals surface area contributed by atoms with Crippen LogP contribution in [0.4, 0.5) is 4.39 Å². The van der Waals surface area contributed by atoms with Crippen molar-refractivity contribution in [3.8, 4) is 5.75 Å². The number of ketones is 1. The number of carbonyl (C=O) groups is 1. The molecule has 124 valence electrons. The second-order valence-electron chi connectivity index (χ2n) is 5.62. The number of carbonyl (C=O) groups excluding carboxylic acids is 1. The summed E-state index contributed by atoms with van der Waals surface area (Å²) in [5.74, 6) is -0.662. The van der Waals surface area contributed by atoms with Gasteiger partial charge >= 0.3 is 0 Å². The van der Waals surface area contributed by atoms with Gasteiger partial charge in [0.1, 0.15) is 11.3 Å². The molecule has 2 heterocycles. The Morgan fingerprint density at radius 2 is 2.12 bits per heavy atom. The summed E-state index contributed by atoms with van der Waals surface area (Å²) in [5.41, 5.74) is 2.27. The van der Waals surface area contributed by atoms with Crippen molar-refractivity contribution < 1.29 is 13.9 Å². The predicted molar refractivity (Wildman–Crippen MR) is 90.2 cm³/mol. The Labute approximate surface area is 139 Å². The molecule has 0 aliphatic heterocycles. The molecule has 0 fully saturated rings. The molecule has 0 saturated carbocycles. The summed E-state index contributed by atoms with van der Waals surface area (Å²) in [6.45, 7) is 2.09. The smallest absolute Gasteiger partial charge is 0.211 e. The molecule has 0 aliphatic rings. The van der Waals surface area contributed by atoms with Crippen LogP contribution in [0.5, 0.6) is 5.75 Å². The van der Waals surface area contributed by atoms with E-state index in [1.807, 2.05) is 24.4 Å². The highest BCUT2D eigenvalue weighted by Crippen LogP contribution is 2.23. The fourth-order valence-corrected chi connectivity index (χ4v) is 2.75. The van der Waals surface area contributed by atoms with Gasteiger partial charge in [0, 0.05) is 11.8 Å². The van der Waals surface area contributed by atoms with Crippen molar-refractivity contribution in [1.29, 1.82) is 0 Å². The summed E-state index contributed by atoms with van der Waals surface area (Å²) in [5, 5.41) is 0. The van der Waals surface area contributed by atoms with E-state index in [4.69, 9.17) is 4.74 Å². The van der Waals surface area contributed by atoms with Crippen LogP contribution in [0.15, 0.2) is 42.6 Å². The first-order valence-corrected chi connectivity index (χ1v) is 8.00. The van der Waals surface area contributed by atoms with Gasteiger partial charge in [-0.25, -0.2) is 9.37 Å². The van der Waals surface area contributed by atoms with Gasteiger partial charge in [0.05, 0.1) is 12.8 Å². The molecule has 0 spiro atoms. The lowest BCUT2D eigenvalue weighted by molar-refractivity contribution is 0.103. The Morgan fingerprint density at radius 3 is 2.83 bits per heavy atom. The molecule has 0 atom stereocenters. The average molecular weight is 326 g/mol. The van der Waals surface area contributed by atoms with E-state index in [1.165, 1.54) is 19.2 Å². The monoisotopic (exact) mass is 326 g/mol. The maximum Gasteiger partial charge on any atom is 0.211 e.